The van der Waals surface area contributed by atoms with Crippen LogP contribution in [0.25, 0.3) is 0 Å². The molecule has 2 aliphatic carbocycles. The van der Waals surface area contributed by atoms with E-state index in [1.165, 1.54) is 12.8 Å². The van der Waals surface area contributed by atoms with Gasteiger partial charge in [0.1, 0.15) is 0 Å². The summed E-state index contributed by atoms with van der Waals surface area (Å²) in [6, 6.07) is 1.26. The molecule has 76 valence electrons. The summed E-state index contributed by atoms with van der Waals surface area (Å²) in [6.07, 6.45) is 3.54. The van der Waals surface area contributed by atoms with E-state index in [9.17, 15) is 5.11 Å². The molecule has 13 heavy (non-hydrogen) atoms. The molecule has 0 aromatic heterocycles. The lowest BCUT2D eigenvalue weighted by Crippen LogP contribution is -2.64. The molecule has 4 unspecified atom stereocenters. The Bertz CT molecular complexity index is 202. The zero-order chi connectivity index (χ0) is 9.64. The Labute approximate surface area is 80.7 Å². The van der Waals surface area contributed by atoms with Crippen molar-refractivity contribution in [2.45, 2.75) is 58.2 Å². The molecule has 0 spiro atoms. The molecule has 2 rings (SSSR count). The summed E-state index contributed by atoms with van der Waals surface area (Å²) in [5.74, 6) is 0.841. The van der Waals surface area contributed by atoms with Crippen LogP contribution in [-0.4, -0.2) is 23.3 Å². The van der Waals surface area contributed by atoms with Crippen molar-refractivity contribution in [1.29, 1.82) is 0 Å². The topological polar surface area (TPSA) is 32.3 Å². The van der Waals surface area contributed by atoms with Gasteiger partial charge >= 0.3 is 0 Å². The Kier molecular flexibility index (Phi) is 2.16. The lowest BCUT2D eigenvalue weighted by atomic mass is 9.63. The van der Waals surface area contributed by atoms with Gasteiger partial charge in [0, 0.05) is 17.5 Å². The van der Waals surface area contributed by atoms with Gasteiger partial charge in [-0.15, -0.1) is 0 Å². The highest BCUT2D eigenvalue weighted by molar-refractivity contribution is 5.04. The van der Waals surface area contributed by atoms with E-state index in [0.717, 1.165) is 18.4 Å². The fourth-order valence-corrected chi connectivity index (χ4v) is 2.36. The lowest BCUT2D eigenvalue weighted by Gasteiger charge is -2.53. The van der Waals surface area contributed by atoms with Gasteiger partial charge in [-0.3, -0.25) is 0 Å². The minimum Gasteiger partial charge on any atom is -0.392 e. The van der Waals surface area contributed by atoms with Crippen molar-refractivity contribution in [3.05, 3.63) is 0 Å². The Hall–Kier alpha value is -0.0800. The molecule has 2 nitrogen and oxygen atoms in total. The minimum absolute atomic E-state index is 0.0926. The summed E-state index contributed by atoms with van der Waals surface area (Å²) in [6.45, 7) is 6.62. The number of hydrogen-bond acceptors (Lipinski definition) is 2. The van der Waals surface area contributed by atoms with E-state index in [2.05, 4.69) is 26.1 Å². The van der Waals surface area contributed by atoms with Crippen LogP contribution in [0.4, 0.5) is 0 Å². The summed E-state index contributed by atoms with van der Waals surface area (Å²) in [5.41, 5.74) is 0.0926. The molecule has 0 aliphatic heterocycles. The van der Waals surface area contributed by atoms with E-state index in [4.69, 9.17) is 0 Å². The summed E-state index contributed by atoms with van der Waals surface area (Å²) in [4.78, 5) is 0. The highest BCUT2D eigenvalue weighted by Gasteiger charge is 2.48. The highest BCUT2D eigenvalue weighted by Crippen LogP contribution is 2.42. The Balaban J connectivity index is 1.83. The average molecular weight is 183 g/mol. The van der Waals surface area contributed by atoms with Crippen LogP contribution < -0.4 is 5.32 Å². The van der Waals surface area contributed by atoms with E-state index >= 15 is 0 Å². The Morgan fingerprint density at radius 2 is 2.00 bits per heavy atom. The van der Waals surface area contributed by atoms with Gasteiger partial charge in [0.05, 0.1) is 6.10 Å². The fraction of sp³-hybridized carbons (Fsp3) is 1.00. The molecule has 0 radical (unpaired) electrons. The van der Waals surface area contributed by atoms with Crippen LogP contribution in [0.1, 0.15) is 40.0 Å². The maximum Gasteiger partial charge on any atom is 0.0621 e. The summed E-state index contributed by atoms with van der Waals surface area (Å²) >= 11 is 0. The Morgan fingerprint density at radius 1 is 1.31 bits per heavy atom. The van der Waals surface area contributed by atoms with Crippen LogP contribution in [0.15, 0.2) is 0 Å². The van der Waals surface area contributed by atoms with Gasteiger partial charge in [-0.1, -0.05) is 20.8 Å². The van der Waals surface area contributed by atoms with Crippen molar-refractivity contribution in [2.24, 2.45) is 11.3 Å². The second-order valence-corrected chi connectivity index (χ2v) is 5.45. The smallest absolute Gasteiger partial charge is 0.0621 e. The maximum atomic E-state index is 9.58. The van der Waals surface area contributed by atoms with Crippen LogP contribution in [-0.2, 0) is 0 Å². The van der Waals surface area contributed by atoms with Crippen LogP contribution in [0.3, 0.4) is 0 Å². The van der Waals surface area contributed by atoms with Crippen molar-refractivity contribution in [3.63, 3.8) is 0 Å². The predicted octanol–water partition coefficient (Wildman–Crippen LogP) is 1.53. The third kappa shape index (κ3) is 1.40. The monoisotopic (exact) mass is 183 g/mol. The first-order chi connectivity index (χ1) is 6.01. The zero-order valence-corrected chi connectivity index (χ0v) is 8.88. The van der Waals surface area contributed by atoms with Crippen LogP contribution in [0, 0.1) is 11.3 Å². The quantitative estimate of drug-likeness (QED) is 0.680. The number of aliphatic hydroxyl groups is 1. The minimum atomic E-state index is -0.0969. The SMILES string of the molecule is CC1CCC1NC1CC(O)C1(C)C. The first kappa shape index (κ1) is 9.47. The van der Waals surface area contributed by atoms with Crippen molar-refractivity contribution < 1.29 is 5.11 Å². The molecule has 0 aromatic rings. The van der Waals surface area contributed by atoms with E-state index in [0.29, 0.717) is 6.04 Å². The molecule has 0 aromatic carbocycles. The summed E-state index contributed by atoms with van der Waals surface area (Å²) in [7, 11) is 0. The van der Waals surface area contributed by atoms with Gasteiger partial charge < -0.3 is 10.4 Å². The molecular formula is C11H21NO. The van der Waals surface area contributed by atoms with Crippen molar-refractivity contribution in [3.8, 4) is 0 Å². The summed E-state index contributed by atoms with van der Waals surface area (Å²) < 4.78 is 0. The van der Waals surface area contributed by atoms with Crippen molar-refractivity contribution in [2.75, 3.05) is 0 Å². The van der Waals surface area contributed by atoms with Gasteiger partial charge in [-0.05, 0) is 25.2 Å². The molecule has 2 N–H and O–H groups in total. The standard InChI is InChI=1S/C11H21NO/c1-7-4-5-8(7)12-9-6-10(13)11(9,2)3/h7-10,12-13H,4-6H2,1-3H3. The van der Waals surface area contributed by atoms with Gasteiger partial charge in [0.15, 0.2) is 0 Å². The molecule has 2 fully saturated rings. The maximum absolute atomic E-state index is 9.58. The summed E-state index contributed by atoms with van der Waals surface area (Å²) in [5, 5.41) is 13.2. The van der Waals surface area contributed by atoms with Crippen molar-refractivity contribution in [1.82, 2.24) is 5.32 Å². The largest absolute Gasteiger partial charge is 0.392 e. The Morgan fingerprint density at radius 3 is 2.31 bits per heavy atom. The van der Waals surface area contributed by atoms with Gasteiger partial charge in [0.2, 0.25) is 0 Å². The molecule has 0 amide bonds. The van der Waals surface area contributed by atoms with E-state index in [1.807, 2.05) is 0 Å². The molecule has 4 atom stereocenters. The molecule has 0 heterocycles. The first-order valence-corrected chi connectivity index (χ1v) is 5.46. The average Bonchev–Trinajstić information content (AvgIpc) is 2.09. The van der Waals surface area contributed by atoms with Gasteiger partial charge in [0.25, 0.3) is 0 Å². The third-order valence-electron chi connectivity index (χ3n) is 4.25. The van der Waals surface area contributed by atoms with Gasteiger partial charge in [-0.25, -0.2) is 0 Å². The fourth-order valence-electron chi connectivity index (χ4n) is 2.36. The molecular weight excluding hydrogens is 162 g/mol. The lowest BCUT2D eigenvalue weighted by molar-refractivity contribution is -0.0816. The van der Waals surface area contributed by atoms with E-state index in [1.54, 1.807) is 0 Å². The second kappa shape index (κ2) is 2.96. The zero-order valence-electron chi connectivity index (χ0n) is 8.88. The van der Waals surface area contributed by atoms with Crippen molar-refractivity contribution >= 4 is 0 Å². The van der Waals surface area contributed by atoms with Crippen LogP contribution in [0.2, 0.25) is 0 Å². The number of aliphatic hydroxyl groups excluding tert-OH is 1. The highest BCUT2D eigenvalue weighted by atomic mass is 16.3. The second-order valence-electron chi connectivity index (χ2n) is 5.45. The van der Waals surface area contributed by atoms with E-state index < -0.39 is 0 Å². The molecule has 2 heteroatoms. The number of nitrogens with one attached hydrogen (secondary N) is 1. The first-order valence-electron chi connectivity index (χ1n) is 5.46. The predicted molar refractivity (Wildman–Crippen MR) is 53.5 cm³/mol. The molecule has 0 saturated heterocycles. The molecule has 2 aliphatic rings. The molecule has 2 saturated carbocycles. The molecule has 0 bridgehead atoms. The normalized spacial score (nSPS) is 48.0. The van der Waals surface area contributed by atoms with E-state index in [-0.39, 0.29) is 11.5 Å². The van der Waals surface area contributed by atoms with Crippen LogP contribution in [0.5, 0.6) is 0 Å². The van der Waals surface area contributed by atoms with Crippen LogP contribution >= 0.6 is 0 Å². The van der Waals surface area contributed by atoms with Gasteiger partial charge in [-0.2, -0.15) is 0 Å². The number of rotatable bonds is 2. The number of hydrogen-bond donors (Lipinski definition) is 2. The third-order valence-corrected chi connectivity index (χ3v) is 4.25.